The molecule has 2 aromatic rings. The summed E-state index contributed by atoms with van der Waals surface area (Å²) in [7, 11) is 0. The SMILES string of the molecule is CC1CCCN1C1CCN(c2ncnc3[nH]ncc23)CC1. The van der Waals surface area contributed by atoms with Crippen molar-refractivity contribution in [3.63, 3.8) is 0 Å². The van der Waals surface area contributed by atoms with Gasteiger partial charge >= 0.3 is 0 Å². The van der Waals surface area contributed by atoms with Crippen LogP contribution in [0.4, 0.5) is 5.82 Å². The molecule has 4 heterocycles. The normalized spacial score (nSPS) is 25.0. The van der Waals surface area contributed by atoms with Crippen molar-refractivity contribution in [1.82, 2.24) is 25.1 Å². The molecule has 0 radical (unpaired) electrons. The molecule has 0 bridgehead atoms. The summed E-state index contributed by atoms with van der Waals surface area (Å²) in [5, 5.41) is 8.04. The van der Waals surface area contributed by atoms with E-state index in [-0.39, 0.29) is 0 Å². The third-order valence-electron chi connectivity index (χ3n) is 5.06. The number of rotatable bonds is 2. The molecule has 1 unspecified atom stereocenters. The number of nitrogens with one attached hydrogen (secondary N) is 1. The Morgan fingerprint density at radius 3 is 2.76 bits per heavy atom. The topological polar surface area (TPSA) is 60.9 Å². The predicted molar refractivity (Wildman–Crippen MR) is 82.3 cm³/mol. The predicted octanol–water partition coefficient (Wildman–Crippen LogP) is 1.81. The fourth-order valence-electron chi connectivity index (χ4n) is 3.91. The largest absolute Gasteiger partial charge is 0.356 e. The summed E-state index contributed by atoms with van der Waals surface area (Å²) < 4.78 is 0. The molecule has 6 heteroatoms. The molecule has 2 fully saturated rings. The molecular weight excluding hydrogens is 264 g/mol. The van der Waals surface area contributed by atoms with Gasteiger partial charge in [-0.1, -0.05) is 0 Å². The number of likely N-dealkylation sites (tertiary alicyclic amines) is 1. The highest BCUT2D eigenvalue weighted by atomic mass is 15.3. The van der Waals surface area contributed by atoms with Gasteiger partial charge in [0.25, 0.3) is 0 Å². The van der Waals surface area contributed by atoms with Crippen LogP contribution in [0.3, 0.4) is 0 Å². The lowest BCUT2D eigenvalue weighted by molar-refractivity contribution is 0.163. The van der Waals surface area contributed by atoms with Gasteiger partial charge in [0.05, 0.1) is 11.6 Å². The molecule has 2 aromatic heterocycles. The highest BCUT2D eigenvalue weighted by Gasteiger charge is 2.31. The summed E-state index contributed by atoms with van der Waals surface area (Å²) in [5.74, 6) is 1.03. The first-order valence-corrected chi connectivity index (χ1v) is 7.97. The van der Waals surface area contributed by atoms with E-state index in [1.54, 1.807) is 6.33 Å². The van der Waals surface area contributed by atoms with Gasteiger partial charge in [-0.05, 0) is 39.2 Å². The van der Waals surface area contributed by atoms with Crippen LogP contribution >= 0.6 is 0 Å². The minimum Gasteiger partial charge on any atom is -0.356 e. The molecule has 0 aliphatic carbocycles. The van der Waals surface area contributed by atoms with Crippen molar-refractivity contribution >= 4 is 16.9 Å². The fourth-order valence-corrected chi connectivity index (χ4v) is 3.91. The molecule has 2 aliphatic heterocycles. The molecule has 0 aromatic carbocycles. The Hall–Kier alpha value is -1.69. The highest BCUT2D eigenvalue weighted by Crippen LogP contribution is 2.29. The van der Waals surface area contributed by atoms with Gasteiger partial charge in [0.15, 0.2) is 5.65 Å². The van der Waals surface area contributed by atoms with Crippen LogP contribution in [0.25, 0.3) is 11.0 Å². The second kappa shape index (κ2) is 5.26. The summed E-state index contributed by atoms with van der Waals surface area (Å²) in [6.07, 6.45) is 8.65. The molecule has 0 saturated carbocycles. The lowest BCUT2D eigenvalue weighted by atomic mass is 10.0. The summed E-state index contributed by atoms with van der Waals surface area (Å²) >= 11 is 0. The third-order valence-corrected chi connectivity index (χ3v) is 5.06. The molecule has 1 atom stereocenters. The van der Waals surface area contributed by atoms with Gasteiger partial charge in [-0.15, -0.1) is 0 Å². The van der Waals surface area contributed by atoms with Crippen molar-refractivity contribution in [3.8, 4) is 0 Å². The van der Waals surface area contributed by atoms with E-state index in [1.807, 2.05) is 6.20 Å². The second-order valence-electron chi connectivity index (χ2n) is 6.28. The molecule has 4 rings (SSSR count). The number of piperidine rings is 1. The van der Waals surface area contributed by atoms with Crippen LogP contribution in [-0.4, -0.2) is 56.8 Å². The molecule has 0 spiro atoms. The number of hydrogen-bond donors (Lipinski definition) is 1. The van der Waals surface area contributed by atoms with E-state index in [4.69, 9.17) is 0 Å². The van der Waals surface area contributed by atoms with Crippen molar-refractivity contribution in [2.24, 2.45) is 0 Å². The van der Waals surface area contributed by atoms with Crippen molar-refractivity contribution < 1.29 is 0 Å². The number of aromatic nitrogens is 4. The first-order valence-electron chi connectivity index (χ1n) is 7.97. The first-order chi connectivity index (χ1) is 10.3. The van der Waals surface area contributed by atoms with E-state index >= 15 is 0 Å². The summed E-state index contributed by atoms with van der Waals surface area (Å²) in [5.41, 5.74) is 0.829. The smallest absolute Gasteiger partial charge is 0.160 e. The van der Waals surface area contributed by atoms with Gasteiger partial charge in [0.1, 0.15) is 12.1 Å². The van der Waals surface area contributed by atoms with E-state index < -0.39 is 0 Å². The number of hydrogen-bond acceptors (Lipinski definition) is 5. The number of aromatic amines is 1. The van der Waals surface area contributed by atoms with Crippen molar-refractivity contribution in [2.45, 2.75) is 44.7 Å². The maximum atomic E-state index is 4.48. The Morgan fingerprint density at radius 2 is 2.00 bits per heavy atom. The van der Waals surface area contributed by atoms with Gasteiger partial charge in [-0.2, -0.15) is 5.10 Å². The fraction of sp³-hybridized carbons (Fsp3) is 0.667. The molecule has 1 N–H and O–H groups in total. The molecule has 112 valence electrons. The number of fused-ring (bicyclic) bond motifs is 1. The third kappa shape index (κ3) is 2.27. The standard InChI is InChI=1S/C15H22N6/c1-11-3-2-6-21(11)12-4-7-20(8-5-12)15-13-9-18-19-14(13)16-10-17-15/h9-12H,2-8H2,1H3,(H,16,17,18,19). The minimum atomic E-state index is 0.750. The van der Waals surface area contributed by atoms with Gasteiger partial charge in [-0.3, -0.25) is 10.00 Å². The van der Waals surface area contributed by atoms with E-state index in [0.29, 0.717) is 0 Å². The monoisotopic (exact) mass is 286 g/mol. The molecule has 21 heavy (non-hydrogen) atoms. The number of anilines is 1. The van der Waals surface area contributed by atoms with Gasteiger partial charge in [-0.25, -0.2) is 9.97 Å². The van der Waals surface area contributed by atoms with Crippen LogP contribution in [0.1, 0.15) is 32.6 Å². The zero-order chi connectivity index (χ0) is 14.2. The lowest BCUT2D eigenvalue weighted by Crippen LogP contribution is -2.46. The Balaban J connectivity index is 1.49. The van der Waals surface area contributed by atoms with E-state index in [9.17, 15) is 0 Å². The Bertz CT molecular complexity index is 615. The molecular formula is C15H22N6. The number of nitrogens with zero attached hydrogens (tertiary/aromatic N) is 5. The Labute approximate surface area is 124 Å². The Kier molecular flexibility index (Phi) is 3.25. The van der Waals surface area contributed by atoms with Gasteiger partial charge in [0.2, 0.25) is 0 Å². The molecule has 2 aliphatic rings. The van der Waals surface area contributed by atoms with Crippen molar-refractivity contribution in [3.05, 3.63) is 12.5 Å². The quantitative estimate of drug-likeness (QED) is 0.912. The van der Waals surface area contributed by atoms with Crippen LogP contribution in [-0.2, 0) is 0 Å². The van der Waals surface area contributed by atoms with Gasteiger partial charge in [0, 0.05) is 25.2 Å². The second-order valence-corrected chi connectivity index (χ2v) is 6.28. The van der Waals surface area contributed by atoms with Crippen LogP contribution in [0.2, 0.25) is 0 Å². The van der Waals surface area contributed by atoms with Crippen molar-refractivity contribution in [2.75, 3.05) is 24.5 Å². The van der Waals surface area contributed by atoms with E-state index in [2.05, 4.69) is 36.9 Å². The van der Waals surface area contributed by atoms with Crippen LogP contribution in [0, 0.1) is 0 Å². The summed E-state index contributed by atoms with van der Waals surface area (Å²) in [6.45, 7) is 5.81. The Morgan fingerprint density at radius 1 is 1.14 bits per heavy atom. The average molecular weight is 286 g/mol. The minimum absolute atomic E-state index is 0.750. The van der Waals surface area contributed by atoms with Crippen molar-refractivity contribution in [1.29, 1.82) is 0 Å². The molecule has 0 amide bonds. The summed E-state index contributed by atoms with van der Waals surface area (Å²) in [4.78, 5) is 13.8. The average Bonchev–Trinajstić information content (AvgIpc) is 3.15. The zero-order valence-corrected chi connectivity index (χ0v) is 12.5. The molecule has 6 nitrogen and oxygen atoms in total. The molecule has 2 saturated heterocycles. The van der Waals surface area contributed by atoms with E-state index in [1.165, 1.54) is 32.2 Å². The zero-order valence-electron chi connectivity index (χ0n) is 12.5. The highest BCUT2D eigenvalue weighted by molar-refractivity contribution is 5.86. The maximum absolute atomic E-state index is 4.48. The summed E-state index contributed by atoms with van der Waals surface area (Å²) in [6, 6.07) is 1.52. The van der Waals surface area contributed by atoms with E-state index in [0.717, 1.165) is 42.0 Å². The maximum Gasteiger partial charge on any atom is 0.160 e. The van der Waals surface area contributed by atoms with Gasteiger partial charge < -0.3 is 4.90 Å². The van der Waals surface area contributed by atoms with Crippen LogP contribution < -0.4 is 4.90 Å². The lowest BCUT2D eigenvalue weighted by Gasteiger charge is -2.39. The van der Waals surface area contributed by atoms with Crippen LogP contribution in [0.5, 0.6) is 0 Å². The number of H-pyrrole nitrogens is 1. The van der Waals surface area contributed by atoms with Crippen LogP contribution in [0.15, 0.2) is 12.5 Å². The first kappa shape index (κ1) is 13.0.